The van der Waals surface area contributed by atoms with Crippen LogP contribution in [0.25, 0.3) is 11.5 Å². The fourth-order valence-corrected chi connectivity index (χ4v) is 5.42. The van der Waals surface area contributed by atoms with Crippen molar-refractivity contribution in [1.82, 2.24) is 35.4 Å². The van der Waals surface area contributed by atoms with Crippen LogP contribution in [0.5, 0.6) is 5.75 Å². The van der Waals surface area contributed by atoms with Gasteiger partial charge in [0.2, 0.25) is 0 Å². The van der Waals surface area contributed by atoms with E-state index >= 15 is 0 Å². The van der Waals surface area contributed by atoms with E-state index < -0.39 is 5.54 Å². The Morgan fingerprint density at radius 2 is 2.00 bits per heavy atom. The molecule has 4 aromatic rings. The number of aromatic nitrogens is 5. The summed E-state index contributed by atoms with van der Waals surface area (Å²) in [6.45, 7) is 4.41. The van der Waals surface area contributed by atoms with Crippen LogP contribution in [0.4, 0.5) is 5.69 Å². The molecule has 0 aliphatic carbocycles. The van der Waals surface area contributed by atoms with Gasteiger partial charge in [-0.25, -0.2) is 15.0 Å². The molecule has 6 rings (SSSR count). The van der Waals surface area contributed by atoms with Crippen molar-refractivity contribution in [3.05, 3.63) is 83.6 Å². The summed E-state index contributed by atoms with van der Waals surface area (Å²) in [5, 5.41) is 14.6. The molecule has 10 heteroatoms. The van der Waals surface area contributed by atoms with Gasteiger partial charge in [-0.05, 0) is 56.6 Å². The van der Waals surface area contributed by atoms with Crippen LogP contribution in [0.1, 0.15) is 52.6 Å². The number of nitrogens with zero attached hydrogens (tertiary/aromatic N) is 5. The summed E-state index contributed by atoms with van der Waals surface area (Å²) in [5.74, 6) is 2.06. The van der Waals surface area contributed by atoms with Crippen molar-refractivity contribution in [2.75, 3.05) is 32.1 Å². The van der Waals surface area contributed by atoms with Crippen LogP contribution < -0.4 is 15.4 Å². The number of carbonyl (C=O) groups excluding carboxylic acids is 1. The average Bonchev–Trinajstić information content (AvgIpc) is 3.47. The maximum atomic E-state index is 13.4. The third-order valence-corrected chi connectivity index (χ3v) is 7.67. The first-order chi connectivity index (χ1) is 19.0. The highest BCUT2D eigenvalue weighted by Gasteiger charge is 2.39. The van der Waals surface area contributed by atoms with Crippen LogP contribution in [0.15, 0.2) is 61.1 Å². The number of hydrogen-bond acceptors (Lipinski definition) is 8. The summed E-state index contributed by atoms with van der Waals surface area (Å²) in [7, 11) is 2.12. The monoisotopic (exact) mass is 524 g/mol. The number of H-pyrrole nitrogens is 1. The fourth-order valence-electron chi connectivity index (χ4n) is 5.42. The van der Waals surface area contributed by atoms with Crippen molar-refractivity contribution in [3.63, 3.8) is 0 Å². The second kappa shape index (κ2) is 10.5. The number of hydrogen-bond donors (Lipinski definition) is 3. The van der Waals surface area contributed by atoms with Crippen LogP contribution >= 0.6 is 0 Å². The number of aryl methyl sites for hydroxylation is 1. The zero-order valence-electron chi connectivity index (χ0n) is 22.1. The number of para-hydroxylation sites is 1. The second-order valence-electron chi connectivity index (χ2n) is 10.3. The van der Waals surface area contributed by atoms with E-state index in [2.05, 4.69) is 42.7 Å². The maximum Gasteiger partial charge on any atom is 0.251 e. The normalized spacial score (nSPS) is 18.6. The van der Waals surface area contributed by atoms with Gasteiger partial charge in [-0.15, -0.1) is 0 Å². The molecular formula is C29H32N8O2. The summed E-state index contributed by atoms with van der Waals surface area (Å²) in [6.07, 6.45) is 5.56. The lowest BCUT2D eigenvalue weighted by Crippen LogP contribution is -2.46. The van der Waals surface area contributed by atoms with Crippen LogP contribution in [-0.2, 0) is 5.54 Å². The molecule has 2 aromatic heterocycles. The Morgan fingerprint density at radius 1 is 1.15 bits per heavy atom. The molecule has 1 fully saturated rings. The summed E-state index contributed by atoms with van der Waals surface area (Å²) in [4.78, 5) is 28.8. The number of amides is 1. The molecule has 0 radical (unpaired) electrons. The molecule has 2 aliphatic heterocycles. The molecule has 0 bridgehead atoms. The van der Waals surface area contributed by atoms with Gasteiger partial charge in [0.05, 0.1) is 18.2 Å². The number of likely N-dealkylation sites (tertiary alicyclic amines) is 1. The van der Waals surface area contributed by atoms with Gasteiger partial charge in [0.25, 0.3) is 5.91 Å². The average molecular weight is 525 g/mol. The highest BCUT2D eigenvalue weighted by Crippen LogP contribution is 2.36. The van der Waals surface area contributed by atoms with Gasteiger partial charge >= 0.3 is 0 Å². The molecule has 1 amide bonds. The fraction of sp³-hybridized carbons (Fsp3) is 0.345. The topological polar surface area (TPSA) is 121 Å². The number of anilines is 1. The molecule has 1 saturated heterocycles. The predicted octanol–water partition coefficient (Wildman–Crippen LogP) is 3.86. The van der Waals surface area contributed by atoms with Crippen LogP contribution in [0.2, 0.25) is 0 Å². The lowest BCUT2D eigenvalue weighted by Gasteiger charge is -2.40. The first kappa shape index (κ1) is 25.0. The molecule has 1 atom stereocenters. The molecule has 39 heavy (non-hydrogen) atoms. The minimum absolute atomic E-state index is 0.0904. The quantitative estimate of drug-likeness (QED) is 0.348. The van der Waals surface area contributed by atoms with Gasteiger partial charge in [0.1, 0.15) is 17.8 Å². The van der Waals surface area contributed by atoms with Crippen molar-refractivity contribution in [2.45, 2.75) is 37.8 Å². The van der Waals surface area contributed by atoms with E-state index in [1.165, 1.54) is 6.33 Å². The molecule has 10 nitrogen and oxygen atoms in total. The molecule has 2 aliphatic rings. The number of fused-ring (bicyclic) bond motifs is 1. The van der Waals surface area contributed by atoms with E-state index in [0.29, 0.717) is 23.7 Å². The second-order valence-corrected chi connectivity index (χ2v) is 10.3. The number of nitrogens with one attached hydrogen (secondary N) is 3. The Kier molecular flexibility index (Phi) is 6.70. The van der Waals surface area contributed by atoms with Crippen molar-refractivity contribution in [3.8, 4) is 17.3 Å². The van der Waals surface area contributed by atoms with Gasteiger partial charge < -0.3 is 20.3 Å². The van der Waals surface area contributed by atoms with Crippen molar-refractivity contribution in [2.24, 2.45) is 0 Å². The molecular weight excluding hydrogens is 492 g/mol. The van der Waals surface area contributed by atoms with E-state index in [0.717, 1.165) is 60.7 Å². The minimum Gasteiger partial charge on any atom is -0.493 e. The first-order valence-corrected chi connectivity index (χ1v) is 13.3. The third-order valence-electron chi connectivity index (χ3n) is 7.67. The zero-order valence-corrected chi connectivity index (χ0v) is 22.1. The molecule has 0 saturated carbocycles. The number of aromatic amines is 1. The SMILES string of the molecule is Cc1cccc2c1OCC[C@H]2NC(=O)c1cccc(NC2(c3nc(-c4ccncn4)n[nH]3)CCN(C)CC2)c1. The summed E-state index contributed by atoms with van der Waals surface area (Å²) < 4.78 is 5.88. The lowest BCUT2D eigenvalue weighted by atomic mass is 9.86. The van der Waals surface area contributed by atoms with E-state index in [4.69, 9.17) is 9.72 Å². The van der Waals surface area contributed by atoms with Crippen LogP contribution in [0, 0.1) is 6.92 Å². The van der Waals surface area contributed by atoms with Crippen molar-refractivity contribution in [1.29, 1.82) is 0 Å². The highest BCUT2D eigenvalue weighted by molar-refractivity contribution is 5.95. The number of rotatable bonds is 6. The first-order valence-electron chi connectivity index (χ1n) is 13.3. The zero-order chi connectivity index (χ0) is 26.8. The molecule has 3 N–H and O–H groups in total. The molecule has 0 spiro atoms. The Morgan fingerprint density at radius 3 is 2.82 bits per heavy atom. The number of piperidine rings is 1. The molecule has 2 aromatic carbocycles. The number of carbonyl (C=O) groups is 1. The third kappa shape index (κ3) is 5.07. The van der Waals surface area contributed by atoms with Crippen LogP contribution in [-0.4, -0.2) is 62.7 Å². The van der Waals surface area contributed by atoms with Gasteiger partial charge in [-0.1, -0.05) is 24.3 Å². The summed E-state index contributed by atoms with van der Waals surface area (Å²) >= 11 is 0. The largest absolute Gasteiger partial charge is 0.493 e. The smallest absolute Gasteiger partial charge is 0.251 e. The van der Waals surface area contributed by atoms with Crippen LogP contribution in [0.3, 0.4) is 0 Å². The van der Waals surface area contributed by atoms with Gasteiger partial charge in [0.15, 0.2) is 11.6 Å². The van der Waals surface area contributed by atoms with Crippen molar-refractivity contribution < 1.29 is 9.53 Å². The van der Waals surface area contributed by atoms with Gasteiger partial charge in [-0.3, -0.25) is 9.89 Å². The standard InChI is InChI=1S/C29H32N8O2/c1-19-5-3-8-22-23(10-16-39-25(19)22)32-27(38)20-6-4-7-21(17-20)34-29(11-14-37(2)15-12-29)28-33-26(35-36-28)24-9-13-30-18-31-24/h3-9,13,17-18,23,34H,10-12,14-16H2,1-2H3,(H,32,38)(H,33,35,36)/t23-/m1/s1. The Hall–Kier alpha value is -4.31. The Bertz CT molecular complexity index is 1460. The van der Waals surface area contributed by atoms with Gasteiger partial charge in [-0.2, -0.15) is 5.10 Å². The van der Waals surface area contributed by atoms with E-state index in [1.807, 2.05) is 49.4 Å². The molecule has 200 valence electrons. The predicted molar refractivity (Wildman–Crippen MR) is 147 cm³/mol. The summed E-state index contributed by atoms with van der Waals surface area (Å²) in [6, 6.07) is 15.4. The van der Waals surface area contributed by atoms with E-state index in [-0.39, 0.29) is 11.9 Å². The Balaban J connectivity index is 1.24. The molecule has 0 unspecified atom stereocenters. The number of ether oxygens (including phenoxy) is 1. The minimum atomic E-state index is -0.461. The van der Waals surface area contributed by atoms with E-state index in [1.54, 1.807) is 12.3 Å². The molecule has 4 heterocycles. The summed E-state index contributed by atoms with van der Waals surface area (Å²) in [5.41, 5.74) is 3.77. The van der Waals surface area contributed by atoms with Crippen molar-refractivity contribution >= 4 is 11.6 Å². The Labute approximate surface area is 227 Å². The van der Waals surface area contributed by atoms with Gasteiger partial charge in [0, 0.05) is 42.5 Å². The lowest BCUT2D eigenvalue weighted by molar-refractivity contribution is 0.0924. The maximum absolute atomic E-state index is 13.4. The number of benzene rings is 2. The van der Waals surface area contributed by atoms with E-state index in [9.17, 15) is 4.79 Å². The highest BCUT2D eigenvalue weighted by atomic mass is 16.5.